The molecule has 0 aromatic heterocycles. The highest BCUT2D eigenvalue weighted by Crippen LogP contribution is 2.41. The van der Waals surface area contributed by atoms with Gasteiger partial charge >= 0.3 is 6.18 Å². The predicted octanol–water partition coefficient (Wildman–Crippen LogP) is 3.08. The second-order valence-electron chi connectivity index (χ2n) is 5.37. The van der Waals surface area contributed by atoms with Gasteiger partial charge in [0.25, 0.3) is 0 Å². The molecule has 22 heavy (non-hydrogen) atoms. The number of rotatable bonds is 5. The summed E-state index contributed by atoms with van der Waals surface area (Å²) in [6.45, 7) is 2.76. The van der Waals surface area contributed by atoms with Crippen molar-refractivity contribution in [3.63, 3.8) is 0 Å². The van der Waals surface area contributed by atoms with Crippen molar-refractivity contribution in [3.8, 4) is 0 Å². The van der Waals surface area contributed by atoms with Crippen LogP contribution in [0, 0.1) is 0 Å². The maximum atomic E-state index is 13.3. The molecule has 0 unspecified atom stereocenters. The first-order valence-corrected chi connectivity index (χ1v) is 7.74. The van der Waals surface area contributed by atoms with Gasteiger partial charge in [0.05, 0.1) is 5.56 Å². The molecule has 2 N–H and O–H groups in total. The summed E-state index contributed by atoms with van der Waals surface area (Å²) in [6.07, 6.45) is -3.55. The second-order valence-corrected chi connectivity index (χ2v) is 5.77. The van der Waals surface area contributed by atoms with Crippen molar-refractivity contribution in [2.75, 3.05) is 32.8 Å². The first-order chi connectivity index (χ1) is 10.4. The fourth-order valence-corrected chi connectivity index (χ4v) is 3.21. The summed E-state index contributed by atoms with van der Waals surface area (Å²) in [7, 11) is 0. The lowest BCUT2D eigenvalue weighted by Crippen LogP contribution is -2.45. The highest BCUT2D eigenvalue weighted by molar-refractivity contribution is 6.31. The minimum absolute atomic E-state index is 0.0472. The molecule has 0 saturated carbocycles. The van der Waals surface area contributed by atoms with Gasteiger partial charge in [0.15, 0.2) is 0 Å². The number of nitrogens with one attached hydrogen (secondary N) is 1. The molecule has 0 spiro atoms. The largest absolute Gasteiger partial charge is 0.416 e. The van der Waals surface area contributed by atoms with Crippen molar-refractivity contribution in [2.24, 2.45) is 0 Å². The van der Waals surface area contributed by atoms with Crippen LogP contribution in [0.15, 0.2) is 18.2 Å². The van der Waals surface area contributed by atoms with E-state index in [1.807, 2.05) is 4.90 Å². The minimum atomic E-state index is -4.44. The number of nitrogens with zero attached hydrogens (tertiary/aromatic N) is 1. The Morgan fingerprint density at radius 2 is 1.95 bits per heavy atom. The van der Waals surface area contributed by atoms with Crippen LogP contribution < -0.4 is 5.32 Å². The number of halogens is 4. The Kier molecular flexibility index (Phi) is 6.09. The maximum Gasteiger partial charge on any atom is 0.416 e. The Hall–Kier alpha value is -0.820. The molecule has 1 aromatic rings. The molecule has 0 bridgehead atoms. The van der Waals surface area contributed by atoms with E-state index in [0.717, 1.165) is 19.2 Å². The lowest BCUT2D eigenvalue weighted by atomic mass is 9.94. The molecule has 1 atom stereocenters. The van der Waals surface area contributed by atoms with Gasteiger partial charge in [0.2, 0.25) is 0 Å². The maximum absolute atomic E-state index is 13.3. The Bertz CT molecular complexity index is 490. The standard InChI is InChI=1S/C15H20ClF3N2O/c16-12-4-1-3-11(15(17,18)19)14(12)13(5-2-10-22)21-8-6-20-7-9-21/h1,3-4,13,20,22H,2,5-10H2/t13-/m0/s1. The molecule has 1 aliphatic heterocycles. The van der Waals surface area contributed by atoms with Gasteiger partial charge < -0.3 is 10.4 Å². The van der Waals surface area contributed by atoms with Crippen LogP contribution in [0.1, 0.15) is 30.0 Å². The van der Waals surface area contributed by atoms with E-state index in [2.05, 4.69) is 5.32 Å². The highest BCUT2D eigenvalue weighted by atomic mass is 35.5. The molecule has 1 aliphatic rings. The molecule has 2 rings (SSSR count). The average Bonchev–Trinajstić information content (AvgIpc) is 2.49. The summed E-state index contributed by atoms with van der Waals surface area (Å²) in [4.78, 5) is 2.02. The van der Waals surface area contributed by atoms with Crippen LogP contribution in [0.4, 0.5) is 13.2 Å². The third-order valence-corrected chi connectivity index (χ3v) is 4.25. The van der Waals surface area contributed by atoms with Crippen LogP contribution in [-0.4, -0.2) is 42.8 Å². The SMILES string of the molecule is OCCC[C@@H](c1c(Cl)cccc1C(F)(F)F)N1CCNCC1. The summed E-state index contributed by atoms with van der Waals surface area (Å²) in [5, 5.41) is 12.4. The normalized spacial score (nSPS) is 18.4. The molecular formula is C15H20ClF3N2O. The summed E-state index contributed by atoms with van der Waals surface area (Å²) < 4.78 is 40.0. The number of aliphatic hydroxyl groups is 1. The quantitative estimate of drug-likeness (QED) is 0.867. The lowest BCUT2D eigenvalue weighted by Gasteiger charge is -2.36. The molecule has 1 aromatic carbocycles. The molecule has 1 fully saturated rings. The topological polar surface area (TPSA) is 35.5 Å². The third kappa shape index (κ3) is 4.13. The van der Waals surface area contributed by atoms with Gasteiger partial charge in [0, 0.05) is 49.4 Å². The van der Waals surface area contributed by atoms with Gasteiger partial charge in [-0.3, -0.25) is 4.90 Å². The van der Waals surface area contributed by atoms with Crippen LogP contribution in [0.3, 0.4) is 0 Å². The molecule has 1 saturated heterocycles. The van der Waals surface area contributed by atoms with Crippen LogP contribution in [-0.2, 0) is 6.18 Å². The van der Waals surface area contributed by atoms with Crippen molar-refractivity contribution >= 4 is 11.6 Å². The Morgan fingerprint density at radius 3 is 2.55 bits per heavy atom. The summed E-state index contributed by atoms with van der Waals surface area (Å²) in [5.74, 6) is 0. The van der Waals surface area contributed by atoms with E-state index in [1.165, 1.54) is 12.1 Å². The van der Waals surface area contributed by atoms with Gasteiger partial charge in [0.1, 0.15) is 0 Å². The number of piperazine rings is 1. The Morgan fingerprint density at radius 1 is 1.27 bits per heavy atom. The van der Waals surface area contributed by atoms with Gasteiger partial charge in [-0.2, -0.15) is 13.2 Å². The van der Waals surface area contributed by atoms with Crippen molar-refractivity contribution in [3.05, 3.63) is 34.3 Å². The van der Waals surface area contributed by atoms with E-state index in [4.69, 9.17) is 16.7 Å². The number of alkyl halides is 3. The van der Waals surface area contributed by atoms with Crippen molar-refractivity contribution in [1.29, 1.82) is 0 Å². The fraction of sp³-hybridized carbons (Fsp3) is 0.600. The first kappa shape index (κ1) is 17.5. The zero-order chi connectivity index (χ0) is 16.2. The van der Waals surface area contributed by atoms with Crippen LogP contribution in [0.2, 0.25) is 5.02 Å². The average molecular weight is 337 g/mol. The third-order valence-electron chi connectivity index (χ3n) is 3.92. The van der Waals surface area contributed by atoms with Crippen molar-refractivity contribution in [2.45, 2.75) is 25.1 Å². The Balaban J connectivity index is 2.41. The molecule has 1 heterocycles. The van der Waals surface area contributed by atoms with E-state index >= 15 is 0 Å². The zero-order valence-electron chi connectivity index (χ0n) is 12.2. The highest BCUT2D eigenvalue weighted by Gasteiger charge is 2.37. The molecule has 0 amide bonds. The number of hydrogen-bond donors (Lipinski definition) is 2. The van der Waals surface area contributed by atoms with E-state index in [0.29, 0.717) is 25.9 Å². The molecule has 0 radical (unpaired) electrons. The van der Waals surface area contributed by atoms with Crippen LogP contribution in [0.5, 0.6) is 0 Å². The van der Waals surface area contributed by atoms with Gasteiger partial charge in [-0.1, -0.05) is 17.7 Å². The molecule has 124 valence electrons. The number of aliphatic hydroxyl groups excluding tert-OH is 1. The molecule has 7 heteroatoms. The fourth-order valence-electron chi connectivity index (χ4n) is 2.91. The van der Waals surface area contributed by atoms with E-state index in [1.54, 1.807) is 0 Å². The van der Waals surface area contributed by atoms with Gasteiger partial charge in [-0.05, 0) is 25.0 Å². The second kappa shape index (κ2) is 7.64. The minimum Gasteiger partial charge on any atom is -0.396 e. The predicted molar refractivity (Wildman–Crippen MR) is 80.0 cm³/mol. The van der Waals surface area contributed by atoms with Gasteiger partial charge in [-0.15, -0.1) is 0 Å². The van der Waals surface area contributed by atoms with E-state index < -0.39 is 17.8 Å². The monoisotopic (exact) mass is 336 g/mol. The van der Waals surface area contributed by atoms with E-state index in [9.17, 15) is 13.2 Å². The van der Waals surface area contributed by atoms with Crippen LogP contribution in [0.25, 0.3) is 0 Å². The van der Waals surface area contributed by atoms with Gasteiger partial charge in [-0.25, -0.2) is 0 Å². The Labute approximate surface area is 133 Å². The summed E-state index contributed by atoms with van der Waals surface area (Å²) in [6, 6.07) is 3.48. The zero-order valence-corrected chi connectivity index (χ0v) is 12.9. The lowest BCUT2D eigenvalue weighted by molar-refractivity contribution is -0.138. The molecule has 3 nitrogen and oxygen atoms in total. The molecule has 0 aliphatic carbocycles. The summed E-state index contributed by atoms with van der Waals surface area (Å²) in [5.41, 5.74) is -0.548. The number of benzene rings is 1. The van der Waals surface area contributed by atoms with E-state index in [-0.39, 0.29) is 17.2 Å². The number of hydrogen-bond acceptors (Lipinski definition) is 3. The van der Waals surface area contributed by atoms with Crippen molar-refractivity contribution < 1.29 is 18.3 Å². The first-order valence-electron chi connectivity index (χ1n) is 7.36. The van der Waals surface area contributed by atoms with Crippen LogP contribution >= 0.6 is 11.6 Å². The smallest absolute Gasteiger partial charge is 0.396 e. The molecular weight excluding hydrogens is 317 g/mol. The van der Waals surface area contributed by atoms with Crippen molar-refractivity contribution in [1.82, 2.24) is 10.2 Å². The summed E-state index contributed by atoms with van der Waals surface area (Å²) >= 11 is 6.12.